The van der Waals surface area contributed by atoms with Crippen molar-refractivity contribution in [2.75, 3.05) is 26.0 Å². The van der Waals surface area contributed by atoms with Crippen LogP contribution < -0.4 is 16.4 Å². The van der Waals surface area contributed by atoms with Gasteiger partial charge in [-0.2, -0.15) is 0 Å². The lowest BCUT2D eigenvalue weighted by Gasteiger charge is -2.46. The summed E-state index contributed by atoms with van der Waals surface area (Å²) in [6.45, 7) is 5.35. The second-order valence-electron chi connectivity index (χ2n) is 10.5. The number of phenols is 1. The van der Waals surface area contributed by atoms with E-state index in [4.69, 9.17) is 10.5 Å². The molecule has 1 saturated carbocycles. The molecule has 11 nitrogen and oxygen atoms in total. The van der Waals surface area contributed by atoms with Crippen molar-refractivity contribution in [2.24, 2.45) is 5.73 Å². The smallest absolute Gasteiger partial charge is 0.342 e. The first-order valence-corrected chi connectivity index (χ1v) is 12.7. The number of aromatic hydroxyl groups is 1. The summed E-state index contributed by atoms with van der Waals surface area (Å²) in [6.07, 6.45) is 0.112. The number of ketones is 1. The van der Waals surface area contributed by atoms with Gasteiger partial charge in [-0.05, 0) is 51.0 Å². The van der Waals surface area contributed by atoms with E-state index in [0.29, 0.717) is 16.8 Å². The van der Waals surface area contributed by atoms with Crippen LogP contribution in [0.25, 0.3) is 0 Å². The van der Waals surface area contributed by atoms with Crippen molar-refractivity contribution < 1.29 is 34.4 Å². The number of nitrogens with zero attached hydrogens (tertiary/aromatic N) is 1. The molecule has 212 valence electrons. The molecule has 2 aromatic rings. The maximum Gasteiger partial charge on any atom is 0.342 e. The second-order valence-corrected chi connectivity index (χ2v) is 10.5. The average Bonchev–Trinajstić information content (AvgIpc) is 2.98. The quantitative estimate of drug-likeness (QED) is 0.215. The number of Topliss-reactive ketones (excluding diaryl/α,β-unsaturated/α-hetero) is 1. The van der Waals surface area contributed by atoms with Gasteiger partial charge in [-0.25, -0.2) is 9.59 Å². The Labute approximate surface area is 228 Å². The summed E-state index contributed by atoms with van der Waals surface area (Å²) in [4.78, 5) is 39.1. The maximum absolute atomic E-state index is 13.0. The van der Waals surface area contributed by atoms with E-state index in [-0.39, 0.29) is 23.5 Å². The standard InChI is InChI=1S/C28H38N4O7/c1-7-27(31-25(36)32(5)6)22(29)23(30-19-12-9-11-18(14-19)17(3)33)28(38,26(27,4)37)15-39-24(35)21-16(2)10-8-13-20(21)34/h8-14,22-23,30,34,37-38H,7,15,29H2,1-6H3,(H,31,36). The number of aliphatic hydroxyl groups is 2. The van der Waals surface area contributed by atoms with E-state index < -0.39 is 47.4 Å². The van der Waals surface area contributed by atoms with Crippen LogP contribution in [0.4, 0.5) is 10.5 Å². The molecule has 39 heavy (non-hydrogen) atoms. The van der Waals surface area contributed by atoms with Gasteiger partial charge < -0.3 is 41.3 Å². The van der Waals surface area contributed by atoms with E-state index in [9.17, 15) is 29.7 Å². The zero-order valence-electron chi connectivity index (χ0n) is 23.1. The number of aryl methyl sites for hydroxylation is 1. The van der Waals surface area contributed by atoms with Crippen molar-refractivity contribution in [1.82, 2.24) is 10.2 Å². The summed E-state index contributed by atoms with van der Waals surface area (Å²) < 4.78 is 5.50. The Morgan fingerprint density at radius 3 is 2.33 bits per heavy atom. The summed E-state index contributed by atoms with van der Waals surface area (Å²) in [6, 6.07) is 8.25. The topological polar surface area (TPSA) is 174 Å². The van der Waals surface area contributed by atoms with Crippen molar-refractivity contribution in [3.63, 3.8) is 0 Å². The molecule has 11 heteroatoms. The van der Waals surface area contributed by atoms with Gasteiger partial charge >= 0.3 is 12.0 Å². The maximum atomic E-state index is 13.0. The molecule has 0 heterocycles. The van der Waals surface area contributed by atoms with Crippen LogP contribution in [0.2, 0.25) is 0 Å². The molecule has 0 aliphatic heterocycles. The fourth-order valence-corrected chi connectivity index (χ4v) is 5.38. The molecule has 0 saturated heterocycles. The highest BCUT2D eigenvalue weighted by atomic mass is 16.5. The van der Waals surface area contributed by atoms with E-state index >= 15 is 0 Å². The number of anilines is 1. The first-order valence-electron chi connectivity index (χ1n) is 12.7. The van der Waals surface area contributed by atoms with Crippen molar-refractivity contribution in [3.8, 4) is 5.75 Å². The third-order valence-corrected chi connectivity index (χ3v) is 7.92. The SMILES string of the molecule is CCC1(NC(=O)N(C)C)C(N)C(Nc2cccc(C(C)=O)c2)C(O)(COC(=O)c2c(C)cccc2O)C1(C)O. The van der Waals surface area contributed by atoms with Crippen LogP contribution >= 0.6 is 0 Å². The lowest BCUT2D eigenvalue weighted by molar-refractivity contribution is -0.172. The average molecular weight is 543 g/mol. The number of hydrogen-bond acceptors (Lipinski definition) is 9. The van der Waals surface area contributed by atoms with Gasteiger partial charge in [0.05, 0.1) is 17.6 Å². The zero-order valence-corrected chi connectivity index (χ0v) is 23.1. The lowest BCUT2D eigenvalue weighted by Crippen LogP contribution is -2.72. The number of nitrogens with one attached hydrogen (secondary N) is 2. The van der Waals surface area contributed by atoms with E-state index in [1.807, 2.05) is 0 Å². The fraction of sp³-hybridized carbons (Fsp3) is 0.464. The Hall–Kier alpha value is -3.67. The van der Waals surface area contributed by atoms with Gasteiger partial charge in [0, 0.05) is 25.3 Å². The van der Waals surface area contributed by atoms with Crippen molar-refractivity contribution >= 4 is 23.5 Å². The Morgan fingerprint density at radius 1 is 1.13 bits per heavy atom. The summed E-state index contributed by atoms with van der Waals surface area (Å²) in [5.41, 5.74) is 1.97. The number of carbonyl (C=O) groups excluding carboxylic acids is 3. The molecule has 7 N–H and O–H groups in total. The number of hydrogen-bond donors (Lipinski definition) is 6. The van der Waals surface area contributed by atoms with Gasteiger partial charge in [0.15, 0.2) is 11.4 Å². The summed E-state index contributed by atoms with van der Waals surface area (Å²) in [5.74, 6) is -1.38. The van der Waals surface area contributed by atoms with Crippen LogP contribution in [-0.2, 0) is 4.74 Å². The highest BCUT2D eigenvalue weighted by Crippen LogP contribution is 2.49. The van der Waals surface area contributed by atoms with Gasteiger partial charge in [0.25, 0.3) is 0 Å². The summed E-state index contributed by atoms with van der Waals surface area (Å²) in [5, 5.41) is 40.3. The van der Waals surface area contributed by atoms with Crippen LogP contribution in [0, 0.1) is 6.92 Å². The van der Waals surface area contributed by atoms with Gasteiger partial charge in [0.1, 0.15) is 23.5 Å². The molecular formula is C28H38N4O7. The van der Waals surface area contributed by atoms with Crippen LogP contribution in [0.5, 0.6) is 5.75 Å². The van der Waals surface area contributed by atoms with Gasteiger partial charge in [0.2, 0.25) is 0 Å². The monoisotopic (exact) mass is 542 g/mol. The zero-order chi connectivity index (χ0) is 29.3. The molecule has 5 unspecified atom stereocenters. The molecule has 0 spiro atoms. The Kier molecular flexibility index (Phi) is 8.30. The molecule has 2 aromatic carbocycles. The molecule has 0 aromatic heterocycles. The van der Waals surface area contributed by atoms with Crippen molar-refractivity contribution in [3.05, 3.63) is 59.2 Å². The number of phenolic OH excluding ortho intramolecular Hbond substituents is 1. The third-order valence-electron chi connectivity index (χ3n) is 7.92. The first-order chi connectivity index (χ1) is 18.1. The molecule has 5 atom stereocenters. The van der Waals surface area contributed by atoms with Crippen LogP contribution in [0.1, 0.15) is 53.5 Å². The molecule has 1 fully saturated rings. The van der Waals surface area contributed by atoms with Gasteiger partial charge in [-0.15, -0.1) is 0 Å². The number of amides is 2. The predicted molar refractivity (Wildman–Crippen MR) is 146 cm³/mol. The predicted octanol–water partition coefficient (Wildman–Crippen LogP) is 1.78. The van der Waals surface area contributed by atoms with E-state index in [0.717, 1.165) is 0 Å². The Balaban J connectivity index is 2.09. The number of urea groups is 1. The minimum absolute atomic E-state index is 0.0793. The van der Waals surface area contributed by atoms with E-state index in [1.54, 1.807) is 50.2 Å². The van der Waals surface area contributed by atoms with Crippen molar-refractivity contribution in [1.29, 1.82) is 0 Å². The van der Waals surface area contributed by atoms with Crippen LogP contribution in [-0.4, -0.2) is 87.5 Å². The minimum Gasteiger partial charge on any atom is -0.507 e. The molecular weight excluding hydrogens is 504 g/mol. The van der Waals surface area contributed by atoms with E-state index in [2.05, 4.69) is 10.6 Å². The molecule has 1 aliphatic carbocycles. The van der Waals surface area contributed by atoms with Crippen LogP contribution in [0.15, 0.2) is 42.5 Å². The normalized spacial score (nSPS) is 28.0. The largest absolute Gasteiger partial charge is 0.507 e. The number of nitrogens with two attached hydrogens (primary N) is 1. The Bertz CT molecular complexity index is 1240. The van der Waals surface area contributed by atoms with Crippen LogP contribution in [0.3, 0.4) is 0 Å². The summed E-state index contributed by atoms with van der Waals surface area (Å²) in [7, 11) is 3.05. The van der Waals surface area contributed by atoms with Crippen molar-refractivity contribution in [2.45, 2.75) is 62.9 Å². The lowest BCUT2D eigenvalue weighted by atomic mass is 9.74. The Morgan fingerprint density at radius 2 is 1.77 bits per heavy atom. The second kappa shape index (κ2) is 10.8. The molecule has 2 amide bonds. The number of carbonyl (C=O) groups is 3. The number of esters is 1. The highest BCUT2D eigenvalue weighted by Gasteiger charge is 2.74. The number of rotatable bonds is 8. The van der Waals surface area contributed by atoms with Gasteiger partial charge in [-0.1, -0.05) is 31.2 Å². The molecule has 3 rings (SSSR count). The van der Waals surface area contributed by atoms with E-state index in [1.165, 1.54) is 38.9 Å². The molecule has 0 radical (unpaired) electrons. The highest BCUT2D eigenvalue weighted by molar-refractivity contribution is 5.95. The first kappa shape index (κ1) is 29.9. The minimum atomic E-state index is -2.25. The number of ether oxygens (including phenoxy) is 1. The summed E-state index contributed by atoms with van der Waals surface area (Å²) >= 11 is 0. The third kappa shape index (κ3) is 5.05. The molecule has 1 aliphatic rings. The molecule has 0 bridgehead atoms. The number of benzene rings is 2. The fourth-order valence-electron chi connectivity index (χ4n) is 5.38. The van der Waals surface area contributed by atoms with Gasteiger partial charge in [-0.3, -0.25) is 4.79 Å².